The summed E-state index contributed by atoms with van der Waals surface area (Å²) in [7, 11) is 1.66. The molecule has 0 aliphatic heterocycles. The number of para-hydroxylation sites is 1. The Bertz CT molecular complexity index is 1120. The minimum absolute atomic E-state index is 0.550. The quantitative estimate of drug-likeness (QED) is 0.363. The molecule has 0 amide bonds. The van der Waals surface area contributed by atoms with Crippen molar-refractivity contribution in [2.75, 3.05) is 7.11 Å². The van der Waals surface area contributed by atoms with Gasteiger partial charge in [0.1, 0.15) is 17.2 Å². The summed E-state index contributed by atoms with van der Waals surface area (Å²) in [5.74, 6) is 2.29. The molecule has 6 heteroatoms. The minimum Gasteiger partial charge on any atom is -0.496 e. The Kier molecular flexibility index (Phi) is 4.86. The van der Waals surface area contributed by atoms with Crippen LogP contribution in [0.5, 0.6) is 5.75 Å². The van der Waals surface area contributed by atoms with Crippen molar-refractivity contribution in [3.05, 3.63) is 72.6 Å². The fourth-order valence-corrected chi connectivity index (χ4v) is 4.38. The lowest BCUT2D eigenvalue weighted by atomic mass is 10.1. The van der Waals surface area contributed by atoms with E-state index >= 15 is 0 Å². The highest BCUT2D eigenvalue weighted by Gasteiger charge is 2.29. The summed E-state index contributed by atoms with van der Waals surface area (Å²) in [6.45, 7) is 0. The third-order valence-corrected chi connectivity index (χ3v) is 6.02. The first kappa shape index (κ1) is 18.1. The zero-order valence-corrected chi connectivity index (χ0v) is 16.9. The average molecular weight is 404 g/mol. The van der Waals surface area contributed by atoms with E-state index in [0.29, 0.717) is 11.8 Å². The van der Waals surface area contributed by atoms with Crippen molar-refractivity contribution >= 4 is 11.8 Å². The number of rotatable bonds is 7. The minimum atomic E-state index is 0.550. The number of ether oxygens (including phenoxy) is 1. The maximum Gasteiger partial charge on any atom is 0.169 e. The number of aromatic nitrogens is 3. The van der Waals surface area contributed by atoms with E-state index < -0.39 is 0 Å². The van der Waals surface area contributed by atoms with Gasteiger partial charge < -0.3 is 13.8 Å². The fourth-order valence-electron chi connectivity index (χ4n) is 3.46. The van der Waals surface area contributed by atoms with Crippen LogP contribution in [0, 0.1) is 0 Å². The topological polar surface area (TPSA) is 53.1 Å². The molecule has 0 bridgehead atoms. The molecule has 0 saturated heterocycles. The highest BCUT2D eigenvalue weighted by molar-refractivity contribution is 7.98. The molecule has 0 radical (unpaired) electrons. The van der Waals surface area contributed by atoms with Gasteiger partial charge in [0.05, 0.1) is 24.8 Å². The smallest absolute Gasteiger partial charge is 0.169 e. The van der Waals surface area contributed by atoms with E-state index in [-0.39, 0.29) is 0 Å². The van der Waals surface area contributed by atoms with Crippen molar-refractivity contribution in [1.82, 2.24) is 14.7 Å². The Morgan fingerprint density at radius 2 is 1.90 bits per heavy atom. The van der Waals surface area contributed by atoms with Crippen LogP contribution in [0.2, 0.25) is 0 Å². The van der Waals surface area contributed by atoms with Crippen LogP contribution in [0.4, 0.5) is 0 Å². The molecule has 2 aromatic carbocycles. The van der Waals surface area contributed by atoms with Gasteiger partial charge in [-0.05, 0) is 30.5 Å². The lowest BCUT2D eigenvalue weighted by Crippen LogP contribution is -1.99. The number of nitrogens with zero attached hydrogens (tertiary/aromatic N) is 3. The van der Waals surface area contributed by atoms with Crippen molar-refractivity contribution in [2.45, 2.75) is 29.8 Å². The Balaban J connectivity index is 1.36. The summed E-state index contributed by atoms with van der Waals surface area (Å²) in [5, 5.41) is 5.26. The lowest BCUT2D eigenvalue weighted by molar-refractivity contribution is 0.395. The zero-order chi connectivity index (χ0) is 19.6. The van der Waals surface area contributed by atoms with Gasteiger partial charge in [0, 0.05) is 17.7 Å². The fraction of sp³-hybridized carbons (Fsp3) is 0.217. The van der Waals surface area contributed by atoms with Crippen molar-refractivity contribution in [3.63, 3.8) is 0 Å². The summed E-state index contributed by atoms with van der Waals surface area (Å²) in [6, 6.07) is 20.8. The maximum absolute atomic E-state index is 5.58. The molecule has 0 N–H and O–H groups in total. The van der Waals surface area contributed by atoms with Crippen molar-refractivity contribution in [3.8, 4) is 28.3 Å². The van der Waals surface area contributed by atoms with E-state index in [1.54, 1.807) is 18.9 Å². The van der Waals surface area contributed by atoms with Crippen LogP contribution < -0.4 is 4.74 Å². The molecule has 0 atom stereocenters. The Morgan fingerprint density at radius 1 is 1.10 bits per heavy atom. The van der Waals surface area contributed by atoms with Gasteiger partial charge in [0.15, 0.2) is 5.16 Å². The molecular formula is C23H21N3O2S. The van der Waals surface area contributed by atoms with E-state index in [4.69, 9.17) is 14.2 Å². The second-order valence-electron chi connectivity index (χ2n) is 7.06. The average Bonchev–Trinajstić information content (AvgIpc) is 3.35. The number of benzene rings is 2. The molecule has 4 aromatic rings. The molecule has 2 aromatic heterocycles. The predicted molar refractivity (Wildman–Crippen MR) is 114 cm³/mol. The summed E-state index contributed by atoms with van der Waals surface area (Å²) in [5.41, 5.74) is 4.11. The lowest BCUT2D eigenvalue weighted by Gasteiger charge is -2.10. The summed E-state index contributed by atoms with van der Waals surface area (Å²) in [4.78, 5) is 4.71. The van der Waals surface area contributed by atoms with Gasteiger partial charge in [-0.3, -0.25) is 0 Å². The molecular weight excluding hydrogens is 382 g/mol. The first-order valence-corrected chi connectivity index (χ1v) is 10.7. The van der Waals surface area contributed by atoms with Gasteiger partial charge in [-0.2, -0.15) is 0 Å². The van der Waals surface area contributed by atoms with Gasteiger partial charge in [-0.15, -0.1) is 0 Å². The Morgan fingerprint density at radius 3 is 2.69 bits per heavy atom. The van der Waals surface area contributed by atoms with Crippen molar-refractivity contribution in [2.24, 2.45) is 0 Å². The van der Waals surface area contributed by atoms with E-state index in [1.165, 1.54) is 24.1 Å². The predicted octanol–water partition coefficient (Wildman–Crippen LogP) is 5.84. The second kappa shape index (κ2) is 7.79. The molecule has 1 aliphatic carbocycles. The van der Waals surface area contributed by atoms with Gasteiger partial charge in [0.2, 0.25) is 0 Å². The SMILES string of the molecule is COc1ccccc1-c1cc(CSc2ncc(-c3ccccc3)n2C2CC2)on1. The van der Waals surface area contributed by atoms with Gasteiger partial charge in [0.25, 0.3) is 0 Å². The van der Waals surface area contributed by atoms with Gasteiger partial charge >= 0.3 is 0 Å². The van der Waals surface area contributed by atoms with E-state index in [2.05, 4.69) is 34.0 Å². The summed E-state index contributed by atoms with van der Waals surface area (Å²) < 4.78 is 13.4. The normalized spacial score (nSPS) is 13.6. The Hall–Kier alpha value is -2.99. The highest BCUT2D eigenvalue weighted by Crippen LogP contribution is 2.42. The first-order chi connectivity index (χ1) is 14.3. The summed E-state index contributed by atoms with van der Waals surface area (Å²) in [6.07, 6.45) is 4.41. The van der Waals surface area contributed by atoms with Gasteiger partial charge in [-0.1, -0.05) is 59.4 Å². The Labute approximate surface area is 173 Å². The van der Waals surface area contributed by atoms with Crippen LogP contribution in [0.25, 0.3) is 22.5 Å². The zero-order valence-electron chi connectivity index (χ0n) is 16.1. The van der Waals surface area contributed by atoms with Crippen LogP contribution in [-0.4, -0.2) is 21.8 Å². The van der Waals surface area contributed by atoms with E-state index in [1.807, 2.05) is 42.6 Å². The highest BCUT2D eigenvalue weighted by atomic mass is 32.2. The van der Waals surface area contributed by atoms with Crippen LogP contribution >= 0.6 is 11.8 Å². The molecule has 0 spiro atoms. The first-order valence-electron chi connectivity index (χ1n) is 9.68. The third kappa shape index (κ3) is 3.68. The summed E-state index contributed by atoms with van der Waals surface area (Å²) >= 11 is 1.69. The van der Waals surface area contributed by atoms with E-state index in [0.717, 1.165) is 27.9 Å². The number of hydrogen-bond acceptors (Lipinski definition) is 5. The molecule has 1 fully saturated rings. The molecule has 5 nitrogen and oxygen atoms in total. The van der Waals surface area contributed by atoms with Crippen LogP contribution in [0.3, 0.4) is 0 Å². The molecule has 29 heavy (non-hydrogen) atoms. The molecule has 2 heterocycles. The van der Waals surface area contributed by atoms with Crippen LogP contribution in [0.15, 0.2) is 76.5 Å². The van der Waals surface area contributed by atoms with Crippen molar-refractivity contribution < 1.29 is 9.26 Å². The monoisotopic (exact) mass is 403 g/mol. The van der Waals surface area contributed by atoms with Crippen LogP contribution in [-0.2, 0) is 5.75 Å². The maximum atomic E-state index is 5.58. The molecule has 5 rings (SSSR count). The van der Waals surface area contributed by atoms with E-state index in [9.17, 15) is 0 Å². The molecule has 146 valence electrons. The molecule has 1 aliphatic rings. The standard InChI is InChI=1S/C23H21N3O2S/c1-27-22-10-6-5-9-19(22)20-13-18(28-25-20)15-29-23-24-14-21(26(23)17-11-12-17)16-7-3-2-4-8-16/h2-10,13-14,17H,11-12,15H2,1H3. The number of hydrogen-bond donors (Lipinski definition) is 0. The van der Waals surface area contributed by atoms with Gasteiger partial charge in [-0.25, -0.2) is 4.98 Å². The number of methoxy groups -OCH3 is 1. The molecule has 0 unspecified atom stereocenters. The number of imidazole rings is 1. The third-order valence-electron chi connectivity index (χ3n) is 5.03. The second-order valence-corrected chi connectivity index (χ2v) is 8.00. The largest absolute Gasteiger partial charge is 0.496 e. The number of thioether (sulfide) groups is 1. The van der Waals surface area contributed by atoms with Crippen LogP contribution in [0.1, 0.15) is 24.6 Å². The van der Waals surface area contributed by atoms with Crippen molar-refractivity contribution in [1.29, 1.82) is 0 Å². The molecule has 1 saturated carbocycles.